The quantitative estimate of drug-likeness (QED) is 0.249. The molecule has 0 fully saturated rings. The SMILES string of the molecule is Cc1cc(F)c(COc2nsc(NC(=O)NCCC(O)CC(O)CC(N)=O)c2C(N)=O)c(F)c1. The number of hydrogen-bond donors (Lipinski definition) is 6. The van der Waals surface area contributed by atoms with Gasteiger partial charge in [-0.2, -0.15) is 4.37 Å². The van der Waals surface area contributed by atoms with Crippen LogP contribution >= 0.6 is 11.5 Å². The first-order valence-electron chi connectivity index (χ1n) is 10.0. The van der Waals surface area contributed by atoms with Crippen molar-refractivity contribution in [2.75, 3.05) is 11.9 Å². The summed E-state index contributed by atoms with van der Waals surface area (Å²) >= 11 is 0.671. The van der Waals surface area contributed by atoms with Crippen LogP contribution in [0.2, 0.25) is 0 Å². The summed E-state index contributed by atoms with van der Waals surface area (Å²) in [6, 6.07) is 1.51. The van der Waals surface area contributed by atoms with Gasteiger partial charge in [0.05, 0.1) is 24.2 Å². The van der Waals surface area contributed by atoms with Gasteiger partial charge in [0.2, 0.25) is 11.8 Å². The fourth-order valence-corrected chi connectivity index (χ4v) is 3.67. The number of carbonyl (C=O) groups excluding carboxylic acids is 3. The van der Waals surface area contributed by atoms with Crippen molar-refractivity contribution in [3.8, 4) is 5.88 Å². The number of halogens is 2. The molecular formula is C20H25F2N5O6S. The van der Waals surface area contributed by atoms with Crippen molar-refractivity contribution in [1.82, 2.24) is 9.69 Å². The minimum absolute atomic E-state index is 0.00364. The Morgan fingerprint density at radius 2 is 1.82 bits per heavy atom. The number of aromatic nitrogens is 1. The monoisotopic (exact) mass is 501 g/mol. The maximum absolute atomic E-state index is 14.0. The van der Waals surface area contributed by atoms with Crippen molar-refractivity contribution in [1.29, 1.82) is 0 Å². The second-order valence-corrected chi connectivity index (χ2v) is 8.21. The molecule has 0 saturated carbocycles. The van der Waals surface area contributed by atoms with Gasteiger partial charge in [-0.15, -0.1) is 0 Å². The zero-order chi connectivity index (χ0) is 25.4. The third-order valence-electron chi connectivity index (χ3n) is 4.52. The first-order chi connectivity index (χ1) is 16.0. The first kappa shape index (κ1) is 26.9. The largest absolute Gasteiger partial charge is 0.471 e. The molecule has 0 aliphatic rings. The molecule has 8 N–H and O–H groups in total. The summed E-state index contributed by atoms with van der Waals surface area (Å²) in [7, 11) is 0. The predicted molar refractivity (Wildman–Crippen MR) is 118 cm³/mol. The molecular weight excluding hydrogens is 476 g/mol. The molecule has 0 saturated heterocycles. The van der Waals surface area contributed by atoms with E-state index in [-0.39, 0.29) is 47.8 Å². The number of carbonyl (C=O) groups is 3. The Bertz CT molecular complexity index is 1030. The number of aliphatic hydroxyl groups is 2. The van der Waals surface area contributed by atoms with Gasteiger partial charge in [-0.05, 0) is 49.0 Å². The highest BCUT2D eigenvalue weighted by atomic mass is 32.1. The second kappa shape index (κ2) is 12.2. The zero-order valence-corrected chi connectivity index (χ0v) is 19.0. The molecule has 1 aromatic heterocycles. The van der Waals surface area contributed by atoms with Gasteiger partial charge < -0.3 is 31.7 Å². The van der Waals surface area contributed by atoms with Gasteiger partial charge in [-0.1, -0.05) is 0 Å². The van der Waals surface area contributed by atoms with Gasteiger partial charge in [0.15, 0.2) is 0 Å². The third-order valence-corrected chi connectivity index (χ3v) is 5.26. The number of ether oxygens (including phenoxy) is 1. The van der Waals surface area contributed by atoms with Crippen LogP contribution < -0.4 is 26.8 Å². The summed E-state index contributed by atoms with van der Waals surface area (Å²) in [6.07, 6.45) is -2.43. The summed E-state index contributed by atoms with van der Waals surface area (Å²) in [5.74, 6) is -3.64. The molecule has 0 aliphatic carbocycles. The minimum Gasteiger partial charge on any atom is -0.471 e. The van der Waals surface area contributed by atoms with E-state index in [0.29, 0.717) is 17.1 Å². The lowest BCUT2D eigenvalue weighted by Crippen LogP contribution is -2.32. The maximum Gasteiger partial charge on any atom is 0.319 e. The molecule has 2 atom stereocenters. The number of nitrogens with one attached hydrogen (secondary N) is 2. The highest BCUT2D eigenvalue weighted by Gasteiger charge is 2.23. The van der Waals surface area contributed by atoms with Crippen LogP contribution in [-0.4, -0.2) is 51.2 Å². The van der Waals surface area contributed by atoms with Gasteiger partial charge in [-0.25, -0.2) is 13.6 Å². The van der Waals surface area contributed by atoms with E-state index in [9.17, 15) is 33.4 Å². The number of anilines is 1. The molecule has 4 amide bonds. The smallest absolute Gasteiger partial charge is 0.319 e. The average Bonchev–Trinajstić information content (AvgIpc) is 3.08. The Hall–Kier alpha value is -3.36. The number of benzene rings is 1. The van der Waals surface area contributed by atoms with E-state index in [0.717, 1.165) is 12.1 Å². The van der Waals surface area contributed by atoms with E-state index in [1.54, 1.807) is 0 Å². The lowest BCUT2D eigenvalue weighted by molar-refractivity contribution is -0.120. The van der Waals surface area contributed by atoms with E-state index < -0.39 is 48.3 Å². The number of urea groups is 1. The zero-order valence-electron chi connectivity index (χ0n) is 18.1. The minimum atomic E-state index is -1.10. The molecule has 186 valence electrons. The van der Waals surface area contributed by atoms with Crippen LogP contribution in [0.3, 0.4) is 0 Å². The van der Waals surface area contributed by atoms with E-state index in [1.165, 1.54) is 6.92 Å². The summed E-state index contributed by atoms with van der Waals surface area (Å²) in [4.78, 5) is 34.7. The number of aryl methyl sites for hydroxylation is 1. The van der Waals surface area contributed by atoms with Crippen LogP contribution in [0.5, 0.6) is 5.88 Å². The van der Waals surface area contributed by atoms with E-state index in [1.807, 2.05) is 0 Å². The Labute approximate surface area is 197 Å². The normalized spacial score (nSPS) is 12.6. The lowest BCUT2D eigenvalue weighted by atomic mass is 10.1. The second-order valence-electron chi connectivity index (χ2n) is 7.44. The Morgan fingerprint density at radius 3 is 2.41 bits per heavy atom. The number of nitrogens with zero attached hydrogens (tertiary/aromatic N) is 1. The molecule has 2 rings (SSSR count). The average molecular weight is 502 g/mol. The number of primary amides is 2. The van der Waals surface area contributed by atoms with Crippen molar-refractivity contribution in [2.45, 2.75) is 45.0 Å². The fourth-order valence-electron chi connectivity index (χ4n) is 2.93. The van der Waals surface area contributed by atoms with E-state index >= 15 is 0 Å². The third kappa shape index (κ3) is 7.90. The summed E-state index contributed by atoms with van der Waals surface area (Å²) in [5, 5.41) is 24.2. The topological polar surface area (TPSA) is 190 Å². The summed E-state index contributed by atoms with van der Waals surface area (Å²) < 4.78 is 37.2. The van der Waals surface area contributed by atoms with E-state index in [2.05, 4.69) is 15.0 Å². The Kier molecular flexibility index (Phi) is 9.65. The molecule has 2 unspecified atom stereocenters. The van der Waals surface area contributed by atoms with Crippen LogP contribution in [0.25, 0.3) is 0 Å². The highest BCUT2D eigenvalue weighted by Crippen LogP contribution is 2.31. The molecule has 34 heavy (non-hydrogen) atoms. The van der Waals surface area contributed by atoms with E-state index in [4.69, 9.17) is 16.2 Å². The number of rotatable bonds is 12. The van der Waals surface area contributed by atoms with Crippen LogP contribution in [0, 0.1) is 18.6 Å². The Morgan fingerprint density at radius 1 is 1.18 bits per heavy atom. The standard InChI is InChI=1S/C20H25F2N5O6S/c1-9-4-13(21)12(14(22)5-9)8-33-18-16(17(24)31)19(34-27-18)26-20(32)25-3-2-10(28)6-11(29)7-15(23)30/h4-5,10-11,28-29H,2-3,6-8H2,1H3,(H2,23,30)(H2,24,31)(H2,25,26,32). The van der Waals surface area contributed by atoms with Crippen LogP contribution in [0.1, 0.15) is 40.7 Å². The van der Waals surface area contributed by atoms with Gasteiger partial charge in [0, 0.05) is 6.54 Å². The Balaban J connectivity index is 1.93. The van der Waals surface area contributed by atoms with Gasteiger partial charge in [-0.3, -0.25) is 14.9 Å². The van der Waals surface area contributed by atoms with Crippen LogP contribution in [0.4, 0.5) is 18.6 Å². The van der Waals surface area contributed by atoms with Crippen molar-refractivity contribution >= 4 is 34.4 Å². The molecule has 2 aromatic rings. The molecule has 11 nitrogen and oxygen atoms in total. The molecule has 1 heterocycles. The number of aliphatic hydroxyl groups excluding tert-OH is 2. The molecule has 0 spiro atoms. The molecule has 0 radical (unpaired) electrons. The molecule has 0 aliphatic heterocycles. The molecule has 1 aromatic carbocycles. The number of amides is 4. The lowest BCUT2D eigenvalue weighted by Gasteiger charge is -2.15. The summed E-state index contributed by atoms with van der Waals surface area (Å²) in [5.41, 5.74) is 10.1. The fraction of sp³-hybridized carbons (Fsp3) is 0.400. The van der Waals surface area contributed by atoms with Crippen molar-refractivity contribution in [3.63, 3.8) is 0 Å². The van der Waals surface area contributed by atoms with Gasteiger partial charge in [0.1, 0.15) is 28.8 Å². The molecule has 14 heteroatoms. The number of nitrogens with two attached hydrogens (primary N) is 2. The first-order valence-corrected chi connectivity index (χ1v) is 10.8. The highest BCUT2D eigenvalue weighted by molar-refractivity contribution is 7.11. The van der Waals surface area contributed by atoms with Crippen molar-refractivity contribution < 1.29 is 38.1 Å². The van der Waals surface area contributed by atoms with Crippen LogP contribution in [0.15, 0.2) is 12.1 Å². The predicted octanol–water partition coefficient (Wildman–Crippen LogP) is 0.907. The van der Waals surface area contributed by atoms with Gasteiger partial charge >= 0.3 is 6.03 Å². The maximum atomic E-state index is 14.0. The number of hydrogen-bond acceptors (Lipinski definition) is 8. The van der Waals surface area contributed by atoms with Crippen LogP contribution in [-0.2, 0) is 11.4 Å². The van der Waals surface area contributed by atoms with Gasteiger partial charge in [0.25, 0.3) is 5.91 Å². The van der Waals surface area contributed by atoms with Crippen molar-refractivity contribution in [3.05, 3.63) is 40.5 Å². The molecule has 0 bridgehead atoms. The van der Waals surface area contributed by atoms with Crippen molar-refractivity contribution in [2.24, 2.45) is 11.5 Å². The summed E-state index contributed by atoms with van der Waals surface area (Å²) in [6.45, 7) is 0.961.